The Hall–Kier alpha value is -3.53. The van der Waals surface area contributed by atoms with Gasteiger partial charge in [-0.2, -0.15) is 18.3 Å². The Bertz CT molecular complexity index is 1490. The lowest BCUT2D eigenvalue weighted by molar-refractivity contribution is -0.141. The third-order valence-corrected chi connectivity index (χ3v) is 7.49. The summed E-state index contributed by atoms with van der Waals surface area (Å²) in [5.74, 6) is 0.101. The van der Waals surface area contributed by atoms with Crippen LogP contribution in [0, 0.1) is 0 Å². The summed E-state index contributed by atoms with van der Waals surface area (Å²) in [4.78, 5) is 21.8. The summed E-state index contributed by atoms with van der Waals surface area (Å²) in [6, 6.07) is 5.80. The third kappa shape index (κ3) is 5.82. The molecule has 40 heavy (non-hydrogen) atoms. The van der Waals surface area contributed by atoms with Gasteiger partial charge >= 0.3 is 6.18 Å². The molecule has 0 bridgehead atoms. The Labute approximate surface area is 231 Å². The van der Waals surface area contributed by atoms with Crippen LogP contribution in [0.5, 0.6) is 0 Å². The molecule has 0 saturated heterocycles. The van der Waals surface area contributed by atoms with Crippen molar-refractivity contribution in [1.29, 1.82) is 0 Å². The molecule has 212 valence electrons. The van der Waals surface area contributed by atoms with Gasteiger partial charge in [0.1, 0.15) is 0 Å². The lowest BCUT2D eigenvalue weighted by atomic mass is 9.93. The molecule has 5 rings (SSSR count). The molecule has 3 aromatic heterocycles. The molecule has 1 fully saturated rings. The molecule has 0 amide bonds. The second-order valence-electron chi connectivity index (χ2n) is 10.3. The summed E-state index contributed by atoms with van der Waals surface area (Å²) in [5, 5.41) is 3.93. The number of alkyl halides is 3. The van der Waals surface area contributed by atoms with E-state index in [0.29, 0.717) is 55.9 Å². The average molecular weight is 554 g/mol. The SMILES string of the molecule is CCCOCCCC(=O)c1ccc(Cc2nccn3c(-c4cn(C5CCC5)nc4C(F)(F)F)cnc23)cc1CC. The quantitative estimate of drug-likeness (QED) is 0.141. The zero-order valence-corrected chi connectivity index (χ0v) is 22.9. The first-order chi connectivity index (χ1) is 19.3. The number of rotatable bonds is 12. The molecule has 1 aliphatic rings. The van der Waals surface area contributed by atoms with Crippen molar-refractivity contribution in [3.63, 3.8) is 0 Å². The molecule has 0 N–H and O–H groups in total. The number of halogens is 3. The topological polar surface area (TPSA) is 74.3 Å². The van der Waals surface area contributed by atoms with Crippen molar-refractivity contribution in [2.24, 2.45) is 0 Å². The summed E-state index contributed by atoms with van der Waals surface area (Å²) in [7, 11) is 0. The van der Waals surface area contributed by atoms with Crippen LogP contribution >= 0.6 is 0 Å². The fourth-order valence-electron chi connectivity index (χ4n) is 5.15. The molecule has 0 spiro atoms. The number of imidazole rings is 1. The Morgan fingerprint density at radius 2 is 1.98 bits per heavy atom. The highest BCUT2D eigenvalue weighted by molar-refractivity contribution is 5.97. The van der Waals surface area contributed by atoms with Gasteiger partial charge in [-0.25, -0.2) is 4.98 Å². The van der Waals surface area contributed by atoms with Crippen molar-refractivity contribution in [2.75, 3.05) is 13.2 Å². The average Bonchev–Trinajstić information content (AvgIpc) is 3.52. The van der Waals surface area contributed by atoms with E-state index in [-0.39, 0.29) is 17.4 Å². The van der Waals surface area contributed by atoms with Gasteiger partial charge in [-0.05, 0) is 49.7 Å². The van der Waals surface area contributed by atoms with Crippen LogP contribution in [0.25, 0.3) is 16.9 Å². The number of fused-ring (bicyclic) bond motifs is 1. The second-order valence-corrected chi connectivity index (χ2v) is 10.3. The Kier molecular flexibility index (Phi) is 8.35. The molecule has 1 aliphatic carbocycles. The fraction of sp³-hybridized carbons (Fsp3) is 0.467. The van der Waals surface area contributed by atoms with E-state index in [1.54, 1.807) is 16.8 Å². The van der Waals surface area contributed by atoms with Crippen LogP contribution in [-0.4, -0.2) is 43.1 Å². The number of nitrogens with zero attached hydrogens (tertiary/aromatic N) is 5. The minimum Gasteiger partial charge on any atom is -0.381 e. The molecule has 0 unspecified atom stereocenters. The maximum atomic E-state index is 13.9. The van der Waals surface area contributed by atoms with E-state index in [1.807, 2.05) is 25.1 Å². The lowest BCUT2D eigenvalue weighted by Gasteiger charge is -2.25. The van der Waals surface area contributed by atoms with Gasteiger partial charge in [-0.1, -0.05) is 32.0 Å². The number of carbonyl (C=O) groups is 1. The fourth-order valence-corrected chi connectivity index (χ4v) is 5.15. The van der Waals surface area contributed by atoms with Crippen LogP contribution in [0.4, 0.5) is 13.2 Å². The van der Waals surface area contributed by atoms with Crippen molar-refractivity contribution in [3.05, 3.63) is 71.1 Å². The molecule has 7 nitrogen and oxygen atoms in total. The van der Waals surface area contributed by atoms with Gasteiger partial charge in [0, 0.05) is 50.2 Å². The standard InChI is InChI=1S/C30H34F3N5O2/c1-3-14-40-15-6-9-27(39)23-11-10-20(16-21(23)4-2)17-25-29-35-18-26(37(29)13-12-34-25)24-19-38(22-7-5-8-22)36-28(24)30(31,32)33/h10-13,16,18-19,22H,3-9,14-15,17H2,1-2H3. The normalized spacial score (nSPS) is 14.1. The van der Waals surface area contributed by atoms with Crippen molar-refractivity contribution < 1.29 is 22.7 Å². The van der Waals surface area contributed by atoms with Crippen LogP contribution in [0.1, 0.15) is 91.3 Å². The van der Waals surface area contributed by atoms with Gasteiger partial charge in [-0.15, -0.1) is 0 Å². The second kappa shape index (κ2) is 11.9. The zero-order valence-electron chi connectivity index (χ0n) is 22.9. The smallest absolute Gasteiger partial charge is 0.381 e. The highest BCUT2D eigenvalue weighted by atomic mass is 19.4. The van der Waals surface area contributed by atoms with Crippen LogP contribution in [0.15, 0.2) is 43.0 Å². The first-order valence-electron chi connectivity index (χ1n) is 14.0. The predicted molar refractivity (Wildman–Crippen MR) is 145 cm³/mol. The lowest BCUT2D eigenvalue weighted by Crippen LogP contribution is -2.18. The van der Waals surface area contributed by atoms with E-state index in [4.69, 9.17) is 4.74 Å². The maximum Gasteiger partial charge on any atom is 0.435 e. The number of aryl methyl sites for hydroxylation is 1. The summed E-state index contributed by atoms with van der Waals surface area (Å²) in [5.41, 5.74) is 3.22. The van der Waals surface area contributed by atoms with E-state index in [0.717, 1.165) is 42.4 Å². The number of Topliss-reactive ketones (excluding diaryl/α,β-unsaturated/α-hetero) is 1. The van der Waals surface area contributed by atoms with Crippen LogP contribution in [0.2, 0.25) is 0 Å². The highest BCUT2D eigenvalue weighted by Crippen LogP contribution is 2.39. The summed E-state index contributed by atoms with van der Waals surface area (Å²) in [6.45, 7) is 5.35. The van der Waals surface area contributed by atoms with Crippen LogP contribution in [0.3, 0.4) is 0 Å². The van der Waals surface area contributed by atoms with Crippen molar-refractivity contribution in [3.8, 4) is 11.3 Å². The van der Waals surface area contributed by atoms with Crippen molar-refractivity contribution >= 4 is 11.4 Å². The van der Waals surface area contributed by atoms with Crippen LogP contribution in [-0.2, 0) is 23.8 Å². The van der Waals surface area contributed by atoms with E-state index in [2.05, 4.69) is 22.0 Å². The number of hydrogen-bond acceptors (Lipinski definition) is 5. The molecule has 4 aromatic rings. The van der Waals surface area contributed by atoms with Crippen LogP contribution < -0.4 is 0 Å². The van der Waals surface area contributed by atoms with E-state index < -0.39 is 11.9 Å². The van der Waals surface area contributed by atoms with Crippen molar-refractivity contribution in [2.45, 2.75) is 77.4 Å². The van der Waals surface area contributed by atoms with Gasteiger partial charge in [0.2, 0.25) is 0 Å². The van der Waals surface area contributed by atoms with Gasteiger partial charge < -0.3 is 4.74 Å². The number of ketones is 1. The summed E-state index contributed by atoms with van der Waals surface area (Å²) >= 11 is 0. The number of carbonyl (C=O) groups excluding carboxylic acids is 1. The first kappa shape index (κ1) is 28.0. The van der Waals surface area contributed by atoms with Gasteiger partial charge in [-0.3, -0.25) is 18.9 Å². The van der Waals surface area contributed by atoms with E-state index in [1.165, 1.54) is 17.1 Å². The zero-order chi connectivity index (χ0) is 28.3. The first-order valence-corrected chi connectivity index (χ1v) is 14.0. The Morgan fingerprint density at radius 3 is 2.67 bits per heavy atom. The minimum absolute atomic E-state index is 0.00303. The van der Waals surface area contributed by atoms with Gasteiger partial charge in [0.25, 0.3) is 0 Å². The predicted octanol–water partition coefficient (Wildman–Crippen LogP) is 6.88. The van der Waals surface area contributed by atoms with E-state index in [9.17, 15) is 18.0 Å². The van der Waals surface area contributed by atoms with E-state index >= 15 is 0 Å². The molecule has 0 radical (unpaired) electrons. The van der Waals surface area contributed by atoms with Gasteiger partial charge in [0.15, 0.2) is 17.1 Å². The van der Waals surface area contributed by atoms with Crippen molar-refractivity contribution in [1.82, 2.24) is 24.1 Å². The largest absolute Gasteiger partial charge is 0.435 e. The highest BCUT2D eigenvalue weighted by Gasteiger charge is 2.39. The number of aromatic nitrogens is 5. The van der Waals surface area contributed by atoms with Gasteiger partial charge in [0.05, 0.1) is 29.2 Å². The number of hydrogen-bond donors (Lipinski definition) is 0. The number of benzene rings is 1. The Morgan fingerprint density at radius 1 is 1.15 bits per heavy atom. The third-order valence-electron chi connectivity index (χ3n) is 7.49. The monoisotopic (exact) mass is 553 g/mol. The maximum absolute atomic E-state index is 13.9. The molecule has 0 aliphatic heterocycles. The molecule has 0 atom stereocenters. The minimum atomic E-state index is -4.58. The molecule has 10 heteroatoms. The molecule has 1 aromatic carbocycles. The molecule has 3 heterocycles. The molecule has 1 saturated carbocycles. The summed E-state index contributed by atoms with van der Waals surface area (Å²) < 4.78 is 50.4. The summed E-state index contributed by atoms with van der Waals surface area (Å²) in [6.07, 6.45) is 7.46. The Balaban J connectivity index is 1.40. The number of ether oxygens (including phenoxy) is 1. The molecular formula is C30H34F3N5O2. The molecular weight excluding hydrogens is 519 g/mol.